The fourth-order valence-corrected chi connectivity index (χ4v) is 2.84. The Morgan fingerprint density at radius 1 is 1.20 bits per heavy atom. The molecule has 1 aliphatic carbocycles. The van der Waals surface area contributed by atoms with Gasteiger partial charge in [-0.3, -0.25) is 4.90 Å². The number of nitrogens with one attached hydrogen (secondary N) is 1. The molecule has 0 aromatic carbocycles. The third kappa shape index (κ3) is 2.54. The van der Waals surface area contributed by atoms with Crippen molar-refractivity contribution in [3.8, 4) is 0 Å². The third-order valence-corrected chi connectivity index (χ3v) is 4.45. The minimum absolute atomic E-state index is 0.710. The highest BCUT2D eigenvalue weighted by molar-refractivity contribution is 4.88. The first kappa shape index (κ1) is 11.4. The number of hydrogen-bond acceptors (Lipinski definition) is 2. The van der Waals surface area contributed by atoms with E-state index in [-0.39, 0.29) is 0 Å². The number of rotatable bonds is 3. The Morgan fingerprint density at radius 3 is 2.47 bits per heavy atom. The zero-order valence-electron chi connectivity index (χ0n) is 10.5. The predicted molar refractivity (Wildman–Crippen MR) is 65.0 cm³/mol. The van der Waals surface area contributed by atoms with Crippen LogP contribution in [0.25, 0.3) is 0 Å². The molecule has 0 aromatic heterocycles. The van der Waals surface area contributed by atoms with E-state index in [4.69, 9.17) is 0 Å². The van der Waals surface area contributed by atoms with Crippen molar-refractivity contribution < 1.29 is 0 Å². The highest BCUT2D eigenvalue weighted by Crippen LogP contribution is 2.32. The molecule has 2 heteroatoms. The maximum Gasteiger partial charge on any atom is 0.0218 e. The molecule has 0 radical (unpaired) electrons. The molecule has 1 aliphatic heterocycles. The van der Waals surface area contributed by atoms with Gasteiger partial charge in [-0.15, -0.1) is 0 Å². The zero-order valence-corrected chi connectivity index (χ0v) is 10.5. The molecule has 0 aromatic rings. The molecule has 0 bridgehead atoms. The van der Waals surface area contributed by atoms with Crippen molar-refractivity contribution in [2.45, 2.75) is 52.1 Å². The molecule has 1 N–H and O–H groups in total. The van der Waals surface area contributed by atoms with Gasteiger partial charge in [-0.1, -0.05) is 20.3 Å². The Balaban J connectivity index is 1.85. The normalized spacial score (nSPS) is 31.6. The van der Waals surface area contributed by atoms with E-state index in [1.54, 1.807) is 0 Å². The standard InChI is InChI=1S/C13H26N2/c1-10(2)13-9-15(8-7-14-13)11(3)12-5-4-6-12/h10-14H,4-9H2,1-3H3. The average Bonchev–Trinajstić information content (AvgIpc) is 2.15. The lowest BCUT2D eigenvalue weighted by Gasteiger charge is -2.44. The topological polar surface area (TPSA) is 15.3 Å². The Bertz CT molecular complexity index is 199. The van der Waals surface area contributed by atoms with Crippen LogP contribution in [0.4, 0.5) is 0 Å². The molecule has 15 heavy (non-hydrogen) atoms. The first-order chi connectivity index (χ1) is 7.18. The van der Waals surface area contributed by atoms with Crippen LogP contribution in [-0.2, 0) is 0 Å². The molecule has 0 amide bonds. The van der Waals surface area contributed by atoms with Crippen molar-refractivity contribution in [2.75, 3.05) is 19.6 Å². The van der Waals surface area contributed by atoms with E-state index in [0.717, 1.165) is 17.9 Å². The molecule has 2 rings (SSSR count). The van der Waals surface area contributed by atoms with Gasteiger partial charge in [0.05, 0.1) is 0 Å². The maximum absolute atomic E-state index is 3.64. The smallest absolute Gasteiger partial charge is 0.0218 e. The zero-order chi connectivity index (χ0) is 10.8. The van der Waals surface area contributed by atoms with E-state index in [0.29, 0.717) is 6.04 Å². The van der Waals surface area contributed by atoms with Crippen molar-refractivity contribution in [3.05, 3.63) is 0 Å². The highest BCUT2D eigenvalue weighted by atomic mass is 15.2. The predicted octanol–water partition coefficient (Wildman–Crippen LogP) is 2.10. The summed E-state index contributed by atoms with van der Waals surface area (Å²) in [5.74, 6) is 1.76. The molecular weight excluding hydrogens is 184 g/mol. The quantitative estimate of drug-likeness (QED) is 0.767. The van der Waals surface area contributed by atoms with Gasteiger partial charge in [0.2, 0.25) is 0 Å². The Labute approximate surface area is 94.4 Å². The molecule has 0 spiro atoms. The SMILES string of the molecule is CC(C)C1CN(C(C)C2CCC2)CCN1. The summed E-state index contributed by atoms with van der Waals surface area (Å²) in [7, 11) is 0. The van der Waals surface area contributed by atoms with Crippen LogP contribution in [0.5, 0.6) is 0 Å². The van der Waals surface area contributed by atoms with E-state index in [9.17, 15) is 0 Å². The van der Waals surface area contributed by atoms with Crippen molar-refractivity contribution in [1.29, 1.82) is 0 Å². The summed E-state index contributed by atoms with van der Waals surface area (Å²) in [6, 6.07) is 1.53. The molecule has 88 valence electrons. The summed E-state index contributed by atoms with van der Waals surface area (Å²) >= 11 is 0. The Morgan fingerprint density at radius 2 is 1.93 bits per heavy atom. The monoisotopic (exact) mass is 210 g/mol. The molecule has 2 unspecified atom stereocenters. The van der Waals surface area contributed by atoms with Crippen molar-refractivity contribution in [2.24, 2.45) is 11.8 Å². The van der Waals surface area contributed by atoms with Gasteiger partial charge in [0.25, 0.3) is 0 Å². The lowest BCUT2D eigenvalue weighted by atomic mass is 9.79. The van der Waals surface area contributed by atoms with Crippen LogP contribution in [0, 0.1) is 11.8 Å². The minimum atomic E-state index is 0.710. The van der Waals surface area contributed by atoms with Gasteiger partial charge in [-0.2, -0.15) is 0 Å². The van der Waals surface area contributed by atoms with Crippen LogP contribution in [0.1, 0.15) is 40.0 Å². The van der Waals surface area contributed by atoms with Gasteiger partial charge in [-0.05, 0) is 31.6 Å². The molecule has 2 fully saturated rings. The van der Waals surface area contributed by atoms with E-state index in [1.165, 1.54) is 38.9 Å². The minimum Gasteiger partial charge on any atom is -0.311 e. The molecule has 2 nitrogen and oxygen atoms in total. The van der Waals surface area contributed by atoms with E-state index in [1.807, 2.05) is 0 Å². The summed E-state index contributed by atoms with van der Waals surface area (Å²) in [5, 5.41) is 3.64. The summed E-state index contributed by atoms with van der Waals surface area (Å²) in [6.07, 6.45) is 4.41. The fraction of sp³-hybridized carbons (Fsp3) is 1.00. The number of hydrogen-bond donors (Lipinski definition) is 1. The maximum atomic E-state index is 3.64. The van der Waals surface area contributed by atoms with Gasteiger partial charge >= 0.3 is 0 Å². The summed E-state index contributed by atoms with van der Waals surface area (Å²) in [6.45, 7) is 10.8. The number of piperazine rings is 1. The van der Waals surface area contributed by atoms with Crippen molar-refractivity contribution in [1.82, 2.24) is 10.2 Å². The summed E-state index contributed by atoms with van der Waals surface area (Å²) in [5.41, 5.74) is 0. The molecular formula is C13H26N2. The Hall–Kier alpha value is -0.0800. The molecule has 1 saturated carbocycles. The lowest BCUT2D eigenvalue weighted by Crippen LogP contribution is -2.57. The van der Waals surface area contributed by atoms with Crippen LogP contribution < -0.4 is 5.32 Å². The largest absolute Gasteiger partial charge is 0.311 e. The van der Waals surface area contributed by atoms with Crippen molar-refractivity contribution in [3.63, 3.8) is 0 Å². The van der Waals surface area contributed by atoms with Crippen LogP contribution in [0.2, 0.25) is 0 Å². The second-order valence-corrected chi connectivity index (χ2v) is 5.73. The fourth-order valence-electron chi connectivity index (χ4n) is 2.84. The third-order valence-electron chi connectivity index (χ3n) is 4.45. The van der Waals surface area contributed by atoms with Gasteiger partial charge in [0.15, 0.2) is 0 Å². The van der Waals surface area contributed by atoms with E-state index in [2.05, 4.69) is 31.0 Å². The van der Waals surface area contributed by atoms with Crippen LogP contribution in [0.15, 0.2) is 0 Å². The van der Waals surface area contributed by atoms with Crippen LogP contribution in [0.3, 0.4) is 0 Å². The first-order valence-electron chi connectivity index (χ1n) is 6.66. The first-order valence-corrected chi connectivity index (χ1v) is 6.66. The molecule has 2 aliphatic rings. The lowest BCUT2D eigenvalue weighted by molar-refractivity contribution is 0.0713. The van der Waals surface area contributed by atoms with Gasteiger partial charge in [0, 0.05) is 31.7 Å². The van der Waals surface area contributed by atoms with E-state index >= 15 is 0 Å². The molecule has 2 atom stereocenters. The van der Waals surface area contributed by atoms with E-state index < -0.39 is 0 Å². The number of nitrogens with zero attached hydrogens (tertiary/aromatic N) is 1. The van der Waals surface area contributed by atoms with Gasteiger partial charge in [0.1, 0.15) is 0 Å². The second-order valence-electron chi connectivity index (χ2n) is 5.73. The summed E-state index contributed by atoms with van der Waals surface area (Å²) < 4.78 is 0. The van der Waals surface area contributed by atoms with Gasteiger partial charge in [-0.25, -0.2) is 0 Å². The highest BCUT2D eigenvalue weighted by Gasteiger charge is 2.31. The summed E-state index contributed by atoms with van der Waals surface area (Å²) in [4.78, 5) is 2.71. The Kier molecular flexibility index (Phi) is 3.68. The molecule has 1 saturated heterocycles. The molecule has 1 heterocycles. The van der Waals surface area contributed by atoms with Gasteiger partial charge < -0.3 is 5.32 Å². The average molecular weight is 210 g/mol. The second kappa shape index (κ2) is 4.84. The van der Waals surface area contributed by atoms with Crippen LogP contribution in [-0.4, -0.2) is 36.6 Å². The van der Waals surface area contributed by atoms with Crippen molar-refractivity contribution >= 4 is 0 Å². The van der Waals surface area contributed by atoms with Crippen LogP contribution >= 0.6 is 0 Å².